The van der Waals surface area contributed by atoms with Gasteiger partial charge in [-0.1, -0.05) is 24.3 Å². The SMILES string of the molecule is Cl.O=C1C=CC=C2C(=O)C=CC=C12.[N-]=[N+]=NOS(=O)(=O)N=[N+]=[N-]. The Morgan fingerprint density at radius 2 is 1.43 bits per heavy atom. The minimum Gasteiger partial charge on any atom is -0.304 e. The van der Waals surface area contributed by atoms with Gasteiger partial charge in [-0.15, -0.1) is 12.4 Å². The van der Waals surface area contributed by atoms with E-state index in [-0.39, 0.29) is 24.0 Å². The first kappa shape index (κ1) is 20.0. The zero-order chi connectivity index (χ0) is 16.6. The van der Waals surface area contributed by atoms with Gasteiger partial charge >= 0.3 is 10.3 Å². The third kappa shape index (κ3) is 6.08. The number of hydrogen-bond acceptors (Lipinski definition) is 6. The molecule has 11 nitrogen and oxygen atoms in total. The van der Waals surface area contributed by atoms with Crippen LogP contribution in [0.2, 0.25) is 0 Å². The second kappa shape index (κ2) is 9.07. The van der Waals surface area contributed by atoms with Crippen LogP contribution in [0.3, 0.4) is 0 Å². The molecule has 0 atom stereocenters. The number of halogens is 1. The number of fused-ring (bicyclic) bond motifs is 1. The summed E-state index contributed by atoms with van der Waals surface area (Å²) in [5.41, 5.74) is 16.1. The summed E-state index contributed by atoms with van der Waals surface area (Å²) in [6, 6.07) is 0. The van der Waals surface area contributed by atoms with Crippen LogP contribution in [0.15, 0.2) is 57.4 Å². The molecule has 0 radical (unpaired) electrons. The van der Waals surface area contributed by atoms with Crippen molar-refractivity contribution in [2.75, 3.05) is 0 Å². The smallest absolute Gasteiger partial charge is 0.304 e. The molecule has 0 unspecified atom stereocenters. The molecule has 120 valence electrons. The van der Waals surface area contributed by atoms with Gasteiger partial charge in [-0.2, -0.15) is 8.42 Å². The lowest BCUT2D eigenvalue weighted by molar-refractivity contribution is -0.114. The summed E-state index contributed by atoms with van der Waals surface area (Å²) in [6.45, 7) is 0. The number of nitrogens with zero attached hydrogens (tertiary/aromatic N) is 6. The highest BCUT2D eigenvalue weighted by Crippen LogP contribution is 2.21. The van der Waals surface area contributed by atoms with Gasteiger partial charge in [0.25, 0.3) is 0 Å². The summed E-state index contributed by atoms with van der Waals surface area (Å²) in [6.07, 6.45) is 9.46. The zero-order valence-corrected chi connectivity index (χ0v) is 12.6. The first-order valence-electron chi connectivity index (χ1n) is 5.31. The molecule has 0 aromatic carbocycles. The van der Waals surface area contributed by atoms with Crippen molar-refractivity contribution in [2.24, 2.45) is 9.80 Å². The van der Waals surface area contributed by atoms with Crippen molar-refractivity contribution in [3.8, 4) is 0 Å². The quantitative estimate of drug-likeness (QED) is 0.325. The van der Waals surface area contributed by atoms with Crippen molar-refractivity contribution in [1.82, 2.24) is 0 Å². The average molecular weight is 359 g/mol. The number of azide groups is 2. The van der Waals surface area contributed by atoms with E-state index in [1.165, 1.54) is 12.2 Å². The molecular weight excluding hydrogens is 352 g/mol. The molecule has 0 aliphatic heterocycles. The van der Waals surface area contributed by atoms with E-state index in [4.69, 9.17) is 11.1 Å². The van der Waals surface area contributed by atoms with Crippen LogP contribution in [0.1, 0.15) is 0 Å². The maximum absolute atomic E-state index is 11.2. The van der Waals surface area contributed by atoms with Crippen molar-refractivity contribution in [2.45, 2.75) is 0 Å². The summed E-state index contributed by atoms with van der Waals surface area (Å²) in [7, 11) is -4.41. The topological polar surface area (TPSA) is 175 Å². The number of hydrogen-bond donors (Lipinski definition) is 0. The van der Waals surface area contributed by atoms with Crippen molar-refractivity contribution in [1.29, 1.82) is 0 Å². The lowest BCUT2D eigenvalue weighted by Gasteiger charge is -2.11. The summed E-state index contributed by atoms with van der Waals surface area (Å²) >= 11 is 0. The monoisotopic (exact) mass is 358 g/mol. The molecule has 2 aliphatic carbocycles. The van der Waals surface area contributed by atoms with Gasteiger partial charge in [-0.25, -0.2) is 0 Å². The molecule has 0 saturated carbocycles. The van der Waals surface area contributed by atoms with Crippen LogP contribution in [0.25, 0.3) is 20.9 Å². The highest BCUT2D eigenvalue weighted by molar-refractivity contribution is 7.85. The first-order valence-corrected chi connectivity index (χ1v) is 6.68. The Balaban J connectivity index is 0.000000412. The molecule has 0 aromatic heterocycles. The van der Waals surface area contributed by atoms with E-state index in [1.54, 1.807) is 24.3 Å². The van der Waals surface area contributed by atoms with Gasteiger partial charge in [-0.05, 0) is 23.2 Å². The molecule has 0 aromatic rings. The van der Waals surface area contributed by atoms with Crippen LogP contribution < -0.4 is 0 Å². The largest absolute Gasteiger partial charge is 0.409 e. The summed E-state index contributed by atoms with van der Waals surface area (Å²) in [4.78, 5) is 26.2. The fourth-order valence-corrected chi connectivity index (χ4v) is 1.60. The van der Waals surface area contributed by atoms with Crippen molar-refractivity contribution < 1.29 is 22.3 Å². The van der Waals surface area contributed by atoms with Gasteiger partial charge in [0.2, 0.25) is 0 Å². The summed E-state index contributed by atoms with van der Waals surface area (Å²) in [5.74, 6) is -0.185. The second-order valence-corrected chi connectivity index (χ2v) is 4.62. The molecule has 13 heteroatoms. The van der Waals surface area contributed by atoms with Gasteiger partial charge in [0.1, 0.15) is 5.28 Å². The first-order chi connectivity index (χ1) is 10.4. The van der Waals surface area contributed by atoms with Crippen LogP contribution in [-0.2, 0) is 24.2 Å². The molecule has 2 aliphatic rings. The fourth-order valence-electron chi connectivity index (χ4n) is 1.37. The second-order valence-electron chi connectivity index (χ2n) is 3.45. The molecule has 23 heavy (non-hydrogen) atoms. The molecule has 0 N–H and O–H groups in total. The van der Waals surface area contributed by atoms with Crippen LogP contribution in [0, 0.1) is 0 Å². The Kier molecular flexibility index (Phi) is 7.88. The fraction of sp³-hybridized carbons (Fsp3) is 0. The van der Waals surface area contributed by atoms with Gasteiger partial charge in [0.05, 0.1) is 4.52 Å². The summed E-state index contributed by atoms with van der Waals surface area (Å²) in [5, 5.41) is 2.19. The van der Waals surface area contributed by atoms with E-state index < -0.39 is 10.3 Å². The standard InChI is InChI=1S/C10H6O2.ClH.N6O3S/c11-9-5-1-3-7-8(9)4-2-6-10(7)12;;1-3-5-9-10(7,8)6-4-2/h1-6H;1H;. The van der Waals surface area contributed by atoms with Crippen molar-refractivity contribution in [3.63, 3.8) is 0 Å². The molecule has 0 bridgehead atoms. The minimum atomic E-state index is -4.41. The molecule has 2 rings (SSSR count). The van der Waals surface area contributed by atoms with Gasteiger partial charge in [-0.3, -0.25) is 9.59 Å². The van der Waals surface area contributed by atoms with Crippen LogP contribution in [0.5, 0.6) is 0 Å². The number of rotatable bonds is 3. The number of ketones is 2. The third-order valence-electron chi connectivity index (χ3n) is 2.14. The summed E-state index contributed by atoms with van der Waals surface area (Å²) < 4.78 is 25.7. The Bertz CT molecular complexity index is 790. The molecular formula is C10H7ClN6O5S. The van der Waals surface area contributed by atoms with E-state index in [0.29, 0.717) is 11.1 Å². The maximum atomic E-state index is 11.2. The van der Waals surface area contributed by atoms with Crippen LogP contribution in [0.4, 0.5) is 0 Å². The lowest BCUT2D eigenvalue weighted by Crippen LogP contribution is -2.13. The van der Waals surface area contributed by atoms with Gasteiger partial charge in [0.15, 0.2) is 11.6 Å². The Labute approximate surface area is 135 Å². The van der Waals surface area contributed by atoms with Gasteiger partial charge in [0, 0.05) is 21.0 Å². The zero-order valence-electron chi connectivity index (χ0n) is 11.0. The predicted molar refractivity (Wildman–Crippen MR) is 80.0 cm³/mol. The van der Waals surface area contributed by atoms with E-state index >= 15 is 0 Å². The number of allylic oxidation sites excluding steroid dienone is 8. The highest BCUT2D eigenvalue weighted by atomic mass is 35.5. The normalized spacial score (nSPS) is 14.4. The van der Waals surface area contributed by atoms with Crippen molar-refractivity contribution >= 4 is 34.3 Å². The van der Waals surface area contributed by atoms with E-state index in [0.717, 1.165) is 0 Å². The molecule has 0 amide bonds. The van der Waals surface area contributed by atoms with Crippen molar-refractivity contribution in [3.05, 3.63) is 68.5 Å². The maximum Gasteiger partial charge on any atom is 0.409 e. The lowest BCUT2D eigenvalue weighted by atomic mass is 9.90. The number of carbonyl (C=O) groups excluding carboxylic acids is 2. The molecule has 0 spiro atoms. The molecule has 0 fully saturated rings. The van der Waals surface area contributed by atoms with Crippen LogP contribution >= 0.6 is 12.4 Å². The highest BCUT2D eigenvalue weighted by Gasteiger charge is 2.20. The number of carbonyl (C=O) groups is 2. The van der Waals surface area contributed by atoms with Crippen LogP contribution in [-0.4, -0.2) is 20.0 Å². The van der Waals surface area contributed by atoms with Gasteiger partial charge < -0.3 is 4.28 Å². The Morgan fingerprint density at radius 1 is 0.957 bits per heavy atom. The van der Waals surface area contributed by atoms with E-state index in [9.17, 15) is 18.0 Å². The molecule has 0 saturated heterocycles. The Hall–Kier alpha value is -3.04. The average Bonchev–Trinajstić information content (AvgIpc) is 2.47. The Morgan fingerprint density at radius 3 is 1.83 bits per heavy atom. The van der Waals surface area contributed by atoms with E-state index in [2.05, 4.69) is 14.1 Å². The van der Waals surface area contributed by atoms with E-state index in [1.807, 2.05) is 9.82 Å². The third-order valence-corrected chi connectivity index (χ3v) is 2.67. The minimum absolute atomic E-state index is 0. The molecule has 0 heterocycles. The predicted octanol–water partition coefficient (Wildman–Crippen LogP) is 2.32.